The highest BCUT2D eigenvalue weighted by molar-refractivity contribution is 6.20. The zero-order valence-corrected chi connectivity index (χ0v) is 12.4. The van der Waals surface area contributed by atoms with Gasteiger partial charge in [0.05, 0.1) is 17.0 Å². The third-order valence-electron chi connectivity index (χ3n) is 4.11. The Morgan fingerprint density at radius 1 is 1.45 bits per heavy atom. The smallest absolute Gasteiger partial charge is 0.151 e. The first-order valence-corrected chi connectivity index (χ1v) is 7.38. The molecule has 1 aliphatic rings. The Morgan fingerprint density at radius 2 is 2.25 bits per heavy atom. The number of fused-ring (bicyclic) bond motifs is 1. The summed E-state index contributed by atoms with van der Waals surface area (Å²) in [5.74, 6) is 0.453. The molecule has 5 heteroatoms. The van der Waals surface area contributed by atoms with Crippen LogP contribution in [-0.2, 0) is 4.74 Å². The maximum absolute atomic E-state index is 13.9. The molecule has 1 aliphatic carbocycles. The molecule has 0 bridgehead atoms. The summed E-state index contributed by atoms with van der Waals surface area (Å²) < 4.78 is 21.5. The van der Waals surface area contributed by atoms with Gasteiger partial charge in [0.1, 0.15) is 11.3 Å². The first-order chi connectivity index (χ1) is 9.61. The molecule has 3 nitrogen and oxygen atoms in total. The molecular formula is C15H18ClFN2O. The molecule has 3 rings (SSSR count). The second-order valence-corrected chi connectivity index (χ2v) is 6.04. The molecule has 0 radical (unpaired) electrons. The van der Waals surface area contributed by atoms with E-state index < -0.39 is 0 Å². The van der Waals surface area contributed by atoms with Gasteiger partial charge >= 0.3 is 0 Å². The van der Waals surface area contributed by atoms with Gasteiger partial charge in [0, 0.05) is 13.2 Å². The highest BCUT2D eigenvalue weighted by Crippen LogP contribution is 2.37. The third kappa shape index (κ3) is 2.21. The van der Waals surface area contributed by atoms with Crippen LogP contribution in [0.15, 0.2) is 18.2 Å². The summed E-state index contributed by atoms with van der Waals surface area (Å²) >= 11 is 6.24. The highest BCUT2D eigenvalue weighted by atomic mass is 35.5. The van der Waals surface area contributed by atoms with Crippen molar-refractivity contribution in [3.63, 3.8) is 0 Å². The molecule has 0 N–H and O–H groups in total. The lowest BCUT2D eigenvalue weighted by Gasteiger charge is -2.18. The van der Waals surface area contributed by atoms with Crippen LogP contribution in [0.5, 0.6) is 0 Å². The Labute approximate surface area is 122 Å². The van der Waals surface area contributed by atoms with Crippen molar-refractivity contribution in [3.05, 3.63) is 29.8 Å². The van der Waals surface area contributed by atoms with Gasteiger partial charge in [-0.3, -0.25) is 0 Å². The number of para-hydroxylation sites is 1. The van der Waals surface area contributed by atoms with Gasteiger partial charge in [-0.15, -0.1) is 11.6 Å². The predicted octanol–water partition coefficient (Wildman–Crippen LogP) is 4.22. The van der Waals surface area contributed by atoms with Crippen molar-refractivity contribution in [3.8, 4) is 0 Å². The summed E-state index contributed by atoms with van der Waals surface area (Å²) in [4.78, 5) is 4.42. The molecular weight excluding hydrogens is 279 g/mol. The highest BCUT2D eigenvalue weighted by Gasteiger charge is 2.30. The van der Waals surface area contributed by atoms with Crippen LogP contribution in [0.3, 0.4) is 0 Å². The van der Waals surface area contributed by atoms with Crippen LogP contribution in [0.4, 0.5) is 4.39 Å². The van der Waals surface area contributed by atoms with Crippen LogP contribution in [0.2, 0.25) is 0 Å². The Kier molecular flexibility index (Phi) is 3.69. The first kappa shape index (κ1) is 13.8. The van der Waals surface area contributed by atoms with Gasteiger partial charge < -0.3 is 9.30 Å². The molecule has 1 fully saturated rings. The maximum Gasteiger partial charge on any atom is 0.151 e. The van der Waals surface area contributed by atoms with Crippen LogP contribution in [-0.4, -0.2) is 22.8 Å². The molecule has 0 amide bonds. The molecule has 20 heavy (non-hydrogen) atoms. The summed E-state index contributed by atoms with van der Waals surface area (Å²) in [6.45, 7) is 1.87. The number of aromatic nitrogens is 2. The lowest BCUT2D eigenvalue weighted by molar-refractivity contribution is 0.106. The molecule has 108 valence electrons. The maximum atomic E-state index is 13.9. The van der Waals surface area contributed by atoms with E-state index in [-0.39, 0.29) is 23.3 Å². The molecule has 2 aromatic rings. The van der Waals surface area contributed by atoms with E-state index in [0.717, 1.165) is 30.6 Å². The van der Waals surface area contributed by atoms with E-state index in [9.17, 15) is 4.39 Å². The lowest BCUT2D eigenvalue weighted by Crippen LogP contribution is -2.12. The number of benzene rings is 1. The minimum Gasteiger partial charge on any atom is -0.381 e. The molecule has 3 atom stereocenters. The van der Waals surface area contributed by atoms with Crippen molar-refractivity contribution in [2.45, 2.75) is 43.7 Å². The summed E-state index contributed by atoms with van der Waals surface area (Å²) in [7, 11) is 1.74. The monoisotopic (exact) mass is 296 g/mol. The summed E-state index contributed by atoms with van der Waals surface area (Å²) in [5.41, 5.74) is 1.24. The summed E-state index contributed by atoms with van der Waals surface area (Å²) in [6.07, 6.45) is 3.22. The van der Waals surface area contributed by atoms with Crippen molar-refractivity contribution < 1.29 is 9.13 Å². The Balaban J connectivity index is 2.13. The fraction of sp³-hybridized carbons (Fsp3) is 0.533. The number of methoxy groups -OCH3 is 1. The third-order valence-corrected chi connectivity index (χ3v) is 4.30. The van der Waals surface area contributed by atoms with Crippen molar-refractivity contribution in [2.24, 2.45) is 0 Å². The molecule has 1 aromatic heterocycles. The molecule has 0 spiro atoms. The topological polar surface area (TPSA) is 27.1 Å². The number of nitrogens with zero attached hydrogens (tertiary/aromatic N) is 2. The van der Waals surface area contributed by atoms with E-state index in [0.29, 0.717) is 5.52 Å². The number of imidazole rings is 1. The minimum atomic E-state index is -0.291. The Hall–Kier alpha value is -1.13. The number of rotatable bonds is 3. The second-order valence-electron chi connectivity index (χ2n) is 5.39. The number of hydrogen-bond donors (Lipinski definition) is 0. The van der Waals surface area contributed by atoms with Gasteiger partial charge in [-0.2, -0.15) is 0 Å². The average Bonchev–Trinajstić information content (AvgIpc) is 3.02. The Morgan fingerprint density at radius 3 is 2.90 bits per heavy atom. The van der Waals surface area contributed by atoms with Crippen LogP contribution < -0.4 is 0 Å². The van der Waals surface area contributed by atoms with E-state index in [1.54, 1.807) is 13.2 Å². The van der Waals surface area contributed by atoms with Crippen molar-refractivity contribution in [2.75, 3.05) is 7.11 Å². The van der Waals surface area contributed by atoms with Gasteiger partial charge in [-0.25, -0.2) is 9.37 Å². The van der Waals surface area contributed by atoms with Crippen molar-refractivity contribution in [1.29, 1.82) is 0 Å². The summed E-state index contributed by atoms with van der Waals surface area (Å²) in [5, 5.41) is -0.247. The number of hydrogen-bond acceptors (Lipinski definition) is 2. The molecule has 1 saturated carbocycles. The van der Waals surface area contributed by atoms with Crippen LogP contribution in [0, 0.1) is 5.82 Å². The largest absolute Gasteiger partial charge is 0.381 e. The molecule has 3 unspecified atom stereocenters. The summed E-state index contributed by atoms with van der Waals surface area (Å²) in [6, 6.07) is 5.35. The van der Waals surface area contributed by atoms with Crippen LogP contribution in [0.25, 0.3) is 11.0 Å². The molecule has 1 aromatic carbocycles. The number of alkyl halides is 1. The first-order valence-electron chi connectivity index (χ1n) is 6.95. The van der Waals surface area contributed by atoms with E-state index >= 15 is 0 Å². The molecule has 0 saturated heterocycles. The molecule has 0 aliphatic heterocycles. The quantitative estimate of drug-likeness (QED) is 0.793. The van der Waals surface area contributed by atoms with E-state index in [4.69, 9.17) is 16.3 Å². The lowest BCUT2D eigenvalue weighted by atomic mass is 10.2. The van der Waals surface area contributed by atoms with Crippen molar-refractivity contribution in [1.82, 2.24) is 9.55 Å². The normalized spacial score (nSPS) is 24.4. The number of ether oxygens (including phenoxy) is 1. The SMILES string of the molecule is COC1CCC(n2c(C(C)Cl)nc3c(F)cccc32)C1. The van der Waals surface area contributed by atoms with Crippen LogP contribution >= 0.6 is 11.6 Å². The van der Waals surface area contributed by atoms with E-state index in [1.807, 2.05) is 13.0 Å². The van der Waals surface area contributed by atoms with Crippen molar-refractivity contribution >= 4 is 22.6 Å². The second kappa shape index (κ2) is 5.34. The standard InChI is InChI=1S/C15H18ClFN2O/c1-9(16)15-18-14-12(17)4-3-5-13(14)19(15)10-6-7-11(8-10)20-2/h3-5,9-11H,6-8H2,1-2H3. The number of halogens is 2. The fourth-order valence-electron chi connectivity index (χ4n) is 3.13. The van der Waals surface area contributed by atoms with E-state index in [2.05, 4.69) is 9.55 Å². The van der Waals surface area contributed by atoms with Gasteiger partial charge in [-0.1, -0.05) is 6.07 Å². The minimum absolute atomic E-state index is 0.247. The fourth-order valence-corrected chi connectivity index (χ4v) is 3.29. The Bertz CT molecular complexity index is 626. The zero-order chi connectivity index (χ0) is 14.3. The van der Waals surface area contributed by atoms with Gasteiger partial charge in [0.15, 0.2) is 5.82 Å². The van der Waals surface area contributed by atoms with E-state index in [1.165, 1.54) is 6.07 Å². The van der Waals surface area contributed by atoms with Crippen LogP contribution in [0.1, 0.15) is 43.4 Å². The predicted molar refractivity (Wildman–Crippen MR) is 77.6 cm³/mol. The van der Waals surface area contributed by atoms with Gasteiger partial charge in [0.25, 0.3) is 0 Å². The average molecular weight is 297 g/mol. The van der Waals surface area contributed by atoms with Gasteiger partial charge in [0.2, 0.25) is 0 Å². The zero-order valence-electron chi connectivity index (χ0n) is 11.6. The van der Waals surface area contributed by atoms with Gasteiger partial charge in [-0.05, 0) is 38.3 Å². The molecule has 1 heterocycles.